The van der Waals surface area contributed by atoms with Gasteiger partial charge < -0.3 is 30.3 Å². The second-order valence-corrected chi connectivity index (χ2v) is 19.5. The monoisotopic (exact) mass is 884 g/mol. The zero-order valence-electron chi connectivity index (χ0n) is 41.5. The largest absolute Gasteiger partial charge is 0.480 e. The van der Waals surface area contributed by atoms with E-state index in [1.54, 1.807) is 18.9 Å². The highest BCUT2D eigenvalue weighted by Crippen LogP contribution is 2.31. The summed E-state index contributed by atoms with van der Waals surface area (Å²) in [6, 6.07) is 6.33. The first-order valence-electron chi connectivity index (χ1n) is 24.6. The number of amides is 4. The van der Waals surface area contributed by atoms with E-state index in [1.165, 1.54) is 58.5 Å². The fourth-order valence-electron chi connectivity index (χ4n) is 9.84. The number of aliphatic carboxylic acids is 1. The van der Waals surface area contributed by atoms with E-state index >= 15 is 0 Å². The van der Waals surface area contributed by atoms with Gasteiger partial charge in [-0.2, -0.15) is 0 Å². The van der Waals surface area contributed by atoms with Crippen LogP contribution in [0.25, 0.3) is 0 Å². The third kappa shape index (κ3) is 17.8. The molecule has 1 fully saturated rings. The van der Waals surface area contributed by atoms with Gasteiger partial charge in [-0.15, -0.1) is 0 Å². The number of likely N-dealkylation sites (N-methyl/N-ethyl adjacent to an activating group) is 2. The van der Waals surface area contributed by atoms with E-state index < -0.39 is 36.0 Å². The van der Waals surface area contributed by atoms with E-state index in [-0.39, 0.29) is 72.4 Å². The third-order valence-electron chi connectivity index (χ3n) is 13.6. The van der Waals surface area contributed by atoms with Crippen molar-refractivity contribution in [1.29, 1.82) is 0 Å². The Hall–Kier alpha value is -3.51. The molecule has 0 saturated carbocycles. The number of ether oxygens (including phenoxy) is 1. The summed E-state index contributed by atoms with van der Waals surface area (Å²) < 4.78 is 5.92. The van der Waals surface area contributed by atoms with Gasteiger partial charge in [-0.25, -0.2) is 4.79 Å². The standard InChI is InChI=1S/C51H89N5O7/c1-13-15-16-17-18-19-20-21-22-26-31-54(10)45(36(5)6)49(59)53-44(35(3)4)50(60)55(11)46(37(7)14-2)38(8)33-43(57)56-32-27-30-42(56)47(63-12)39(9)48(58)52-41(51(61)62)34-40-28-24-23-25-29-40/h23-25,28-29,35-39,41-42,44-47H,13-22,26-27,30-34H2,1-12H3,(H,52,58)(H,53,59)(H,61,62)/t37-,38+,39+,41-,42-,44-,45-,46-,47+/m0/s1. The zero-order valence-corrected chi connectivity index (χ0v) is 41.5. The molecule has 1 saturated heterocycles. The van der Waals surface area contributed by atoms with E-state index in [4.69, 9.17) is 4.74 Å². The van der Waals surface area contributed by atoms with Gasteiger partial charge in [-0.05, 0) is 62.1 Å². The predicted molar refractivity (Wildman–Crippen MR) is 254 cm³/mol. The minimum atomic E-state index is -1.12. The first kappa shape index (κ1) is 55.6. The number of carbonyl (C=O) groups excluding carboxylic acids is 4. The molecule has 1 heterocycles. The van der Waals surface area contributed by atoms with Crippen LogP contribution in [0, 0.1) is 29.6 Å². The number of nitrogens with zero attached hydrogens (tertiary/aromatic N) is 3. The van der Waals surface area contributed by atoms with Gasteiger partial charge in [0.25, 0.3) is 0 Å². The molecule has 9 atom stereocenters. The van der Waals surface area contributed by atoms with Crippen LogP contribution in [0.3, 0.4) is 0 Å². The Morgan fingerprint density at radius 1 is 0.794 bits per heavy atom. The molecular formula is C51H89N5O7. The first-order valence-corrected chi connectivity index (χ1v) is 24.6. The SMILES string of the molecule is CCCCCCCCCCCCN(C)[C@H](C(=O)N[C@H](C(=O)N(C)[C@H]([C@H](C)CC(=O)N1CCC[C@H]1[C@H](OC)[C@@H](C)C(=O)N[C@@H](Cc1ccccc1)C(=O)O)[C@@H](C)CC)C(C)C)C(C)C. The van der Waals surface area contributed by atoms with Gasteiger partial charge in [0.05, 0.1) is 24.1 Å². The van der Waals surface area contributed by atoms with Crippen molar-refractivity contribution in [3.63, 3.8) is 0 Å². The molecule has 12 nitrogen and oxygen atoms in total. The average molecular weight is 884 g/mol. The van der Waals surface area contributed by atoms with E-state index in [9.17, 15) is 29.1 Å². The molecule has 0 aromatic heterocycles. The van der Waals surface area contributed by atoms with E-state index in [0.29, 0.717) is 13.0 Å². The highest BCUT2D eigenvalue weighted by Gasteiger charge is 2.42. The van der Waals surface area contributed by atoms with Crippen LogP contribution in [0.1, 0.15) is 158 Å². The number of nitrogens with one attached hydrogen (secondary N) is 2. The number of hydrogen-bond donors (Lipinski definition) is 3. The Morgan fingerprint density at radius 3 is 1.90 bits per heavy atom. The van der Waals surface area contributed by atoms with E-state index in [0.717, 1.165) is 37.8 Å². The van der Waals surface area contributed by atoms with E-state index in [1.807, 2.05) is 63.1 Å². The molecule has 3 N–H and O–H groups in total. The van der Waals surface area contributed by atoms with Crippen molar-refractivity contribution in [2.75, 3.05) is 34.3 Å². The Labute approximate surface area is 382 Å². The van der Waals surface area contributed by atoms with Crippen LogP contribution in [0.2, 0.25) is 0 Å². The normalized spacial score (nSPS) is 18.1. The molecule has 1 aliphatic rings. The van der Waals surface area contributed by atoms with Crippen LogP contribution in [0.4, 0.5) is 0 Å². The number of unbranched alkanes of at least 4 members (excludes halogenated alkanes) is 9. The van der Waals surface area contributed by atoms with Gasteiger partial charge in [-0.1, -0.05) is 157 Å². The summed E-state index contributed by atoms with van der Waals surface area (Å²) in [6.07, 6.45) is 14.5. The Balaban J connectivity index is 2.12. The quantitative estimate of drug-likeness (QED) is 0.0631. The zero-order chi connectivity index (χ0) is 47.2. The molecule has 0 bridgehead atoms. The molecule has 63 heavy (non-hydrogen) atoms. The number of carbonyl (C=O) groups is 5. The number of benzene rings is 1. The van der Waals surface area contributed by atoms with E-state index in [2.05, 4.69) is 50.2 Å². The second kappa shape index (κ2) is 29.1. The number of rotatable bonds is 31. The highest BCUT2D eigenvalue weighted by molar-refractivity contribution is 5.90. The summed E-state index contributed by atoms with van der Waals surface area (Å²) in [5.74, 6) is -2.88. The lowest BCUT2D eigenvalue weighted by Gasteiger charge is -2.41. The topological polar surface area (TPSA) is 149 Å². The lowest BCUT2D eigenvalue weighted by molar-refractivity contribution is -0.145. The molecule has 0 spiro atoms. The summed E-state index contributed by atoms with van der Waals surface area (Å²) in [5, 5.41) is 15.8. The van der Waals surface area contributed by atoms with Crippen molar-refractivity contribution in [2.45, 2.75) is 195 Å². The van der Waals surface area contributed by atoms with Gasteiger partial charge in [0, 0.05) is 39.6 Å². The molecule has 1 aliphatic heterocycles. The third-order valence-corrected chi connectivity index (χ3v) is 13.6. The summed E-state index contributed by atoms with van der Waals surface area (Å²) >= 11 is 0. The Kier molecular flexibility index (Phi) is 25.7. The summed E-state index contributed by atoms with van der Waals surface area (Å²) in [6.45, 7) is 19.6. The molecule has 360 valence electrons. The first-order chi connectivity index (χ1) is 29.9. The molecule has 4 amide bonds. The van der Waals surface area contributed by atoms with Crippen molar-refractivity contribution in [3.05, 3.63) is 35.9 Å². The number of hydrogen-bond acceptors (Lipinski definition) is 7. The van der Waals surface area contributed by atoms with Crippen LogP contribution in [-0.4, -0.2) is 120 Å². The average Bonchev–Trinajstić information content (AvgIpc) is 3.73. The number of carboxylic acids is 1. The fraction of sp³-hybridized carbons (Fsp3) is 0.784. The van der Waals surface area contributed by atoms with Crippen molar-refractivity contribution in [2.24, 2.45) is 29.6 Å². The molecule has 1 aromatic carbocycles. The van der Waals surface area contributed by atoms with Crippen molar-refractivity contribution < 1.29 is 33.8 Å². The molecule has 12 heteroatoms. The van der Waals surface area contributed by atoms with Crippen LogP contribution < -0.4 is 10.6 Å². The Morgan fingerprint density at radius 2 is 1.38 bits per heavy atom. The van der Waals surface area contributed by atoms with Crippen molar-refractivity contribution in [3.8, 4) is 0 Å². The summed E-state index contributed by atoms with van der Waals surface area (Å²) in [5.41, 5.74) is 0.799. The number of methoxy groups -OCH3 is 1. The van der Waals surface area contributed by atoms with Crippen LogP contribution >= 0.6 is 0 Å². The fourth-order valence-corrected chi connectivity index (χ4v) is 9.84. The lowest BCUT2D eigenvalue weighted by Crippen LogP contribution is -2.59. The molecule has 0 aliphatic carbocycles. The van der Waals surface area contributed by atoms with Crippen LogP contribution in [-0.2, 0) is 35.1 Å². The maximum atomic E-state index is 14.5. The highest BCUT2D eigenvalue weighted by atomic mass is 16.5. The predicted octanol–water partition coefficient (Wildman–Crippen LogP) is 8.36. The number of carboxylic acid groups (broad SMARTS) is 1. The van der Waals surface area contributed by atoms with Crippen LogP contribution in [0.5, 0.6) is 0 Å². The maximum absolute atomic E-state index is 14.5. The van der Waals surface area contributed by atoms with Gasteiger partial charge in [0.15, 0.2) is 0 Å². The van der Waals surface area contributed by atoms with Crippen molar-refractivity contribution >= 4 is 29.6 Å². The second-order valence-electron chi connectivity index (χ2n) is 19.5. The molecule has 1 aromatic rings. The Bertz CT molecular complexity index is 1510. The summed E-state index contributed by atoms with van der Waals surface area (Å²) in [7, 11) is 5.35. The minimum Gasteiger partial charge on any atom is -0.480 e. The molecule has 2 rings (SSSR count). The molecular weight excluding hydrogens is 795 g/mol. The minimum absolute atomic E-state index is 0.0587. The lowest BCUT2D eigenvalue weighted by atomic mass is 9.84. The van der Waals surface area contributed by atoms with Gasteiger partial charge in [0.1, 0.15) is 12.1 Å². The van der Waals surface area contributed by atoms with Gasteiger partial charge in [0.2, 0.25) is 23.6 Å². The molecule has 0 radical (unpaired) electrons. The van der Waals surface area contributed by atoms with Crippen LogP contribution in [0.15, 0.2) is 30.3 Å². The van der Waals surface area contributed by atoms with Gasteiger partial charge >= 0.3 is 5.97 Å². The maximum Gasteiger partial charge on any atom is 0.326 e. The smallest absolute Gasteiger partial charge is 0.326 e. The van der Waals surface area contributed by atoms with Crippen molar-refractivity contribution in [1.82, 2.24) is 25.3 Å². The molecule has 0 unspecified atom stereocenters. The number of likely N-dealkylation sites (tertiary alicyclic amines) is 1. The summed E-state index contributed by atoms with van der Waals surface area (Å²) in [4.78, 5) is 74.3. The van der Waals surface area contributed by atoms with Gasteiger partial charge in [-0.3, -0.25) is 24.1 Å².